The molecule has 0 bridgehead atoms. The monoisotopic (exact) mass is 362 g/mol. The standard InChI is InChI=1S/C13H7BrF4N2O/c14-10-5-9(15)6-19-11(10)20-12(21)7-1-3-8(4-2-7)13(16,17)18/h1-6H,(H,19,20,21). The Labute approximate surface area is 125 Å². The first kappa shape index (κ1) is 15.4. The number of benzene rings is 1. The highest BCUT2D eigenvalue weighted by Crippen LogP contribution is 2.29. The fourth-order valence-electron chi connectivity index (χ4n) is 1.50. The maximum absolute atomic E-state index is 12.9. The van der Waals surface area contributed by atoms with Crippen molar-refractivity contribution in [2.75, 3.05) is 5.32 Å². The molecule has 1 amide bonds. The van der Waals surface area contributed by atoms with E-state index in [0.29, 0.717) is 0 Å². The van der Waals surface area contributed by atoms with Crippen LogP contribution in [0.1, 0.15) is 15.9 Å². The van der Waals surface area contributed by atoms with Crippen LogP contribution < -0.4 is 5.32 Å². The Morgan fingerprint density at radius 1 is 1.19 bits per heavy atom. The van der Waals surface area contributed by atoms with E-state index in [1.165, 1.54) is 0 Å². The van der Waals surface area contributed by atoms with Crippen molar-refractivity contribution < 1.29 is 22.4 Å². The highest BCUT2D eigenvalue weighted by atomic mass is 79.9. The van der Waals surface area contributed by atoms with E-state index in [0.717, 1.165) is 36.5 Å². The molecule has 0 fully saturated rings. The molecule has 21 heavy (non-hydrogen) atoms. The molecule has 0 saturated heterocycles. The molecule has 0 aliphatic heterocycles. The number of pyridine rings is 1. The largest absolute Gasteiger partial charge is 0.416 e. The number of nitrogens with one attached hydrogen (secondary N) is 1. The fraction of sp³-hybridized carbons (Fsp3) is 0.0769. The smallest absolute Gasteiger partial charge is 0.306 e. The number of rotatable bonds is 2. The first-order chi connectivity index (χ1) is 9.77. The van der Waals surface area contributed by atoms with Crippen LogP contribution in [-0.2, 0) is 6.18 Å². The van der Waals surface area contributed by atoms with Crippen molar-refractivity contribution >= 4 is 27.7 Å². The lowest BCUT2D eigenvalue weighted by molar-refractivity contribution is -0.137. The van der Waals surface area contributed by atoms with Gasteiger partial charge in [-0.25, -0.2) is 9.37 Å². The minimum absolute atomic E-state index is 0.0287. The molecule has 1 heterocycles. The third-order valence-electron chi connectivity index (χ3n) is 2.51. The number of anilines is 1. The van der Waals surface area contributed by atoms with E-state index in [9.17, 15) is 22.4 Å². The maximum atomic E-state index is 12.9. The Hall–Kier alpha value is -1.96. The van der Waals surface area contributed by atoms with Crippen molar-refractivity contribution in [3.63, 3.8) is 0 Å². The summed E-state index contributed by atoms with van der Waals surface area (Å²) in [6.07, 6.45) is -3.55. The molecule has 0 spiro atoms. The van der Waals surface area contributed by atoms with Gasteiger partial charge in [0.1, 0.15) is 11.6 Å². The fourth-order valence-corrected chi connectivity index (χ4v) is 1.92. The second-order valence-electron chi connectivity index (χ2n) is 4.01. The molecule has 1 N–H and O–H groups in total. The topological polar surface area (TPSA) is 42.0 Å². The van der Waals surface area contributed by atoms with E-state index in [4.69, 9.17) is 0 Å². The van der Waals surface area contributed by atoms with Crippen LogP contribution in [0, 0.1) is 5.82 Å². The lowest BCUT2D eigenvalue weighted by atomic mass is 10.1. The molecule has 0 atom stereocenters. The number of alkyl halides is 3. The molecule has 110 valence electrons. The van der Waals surface area contributed by atoms with Crippen molar-refractivity contribution in [3.8, 4) is 0 Å². The van der Waals surface area contributed by atoms with Gasteiger partial charge in [0.2, 0.25) is 0 Å². The quantitative estimate of drug-likeness (QED) is 0.811. The van der Waals surface area contributed by atoms with Crippen molar-refractivity contribution in [1.82, 2.24) is 4.98 Å². The summed E-state index contributed by atoms with van der Waals surface area (Å²) in [7, 11) is 0. The zero-order valence-corrected chi connectivity index (χ0v) is 11.8. The highest BCUT2D eigenvalue weighted by molar-refractivity contribution is 9.10. The summed E-state index contributed by atoms with van der Waals surface area (Å²) in [5.74, 6) is -1.17. The molecule has 2 rings (SSSR count). The molecule has 2 aromatic rings. The second kappa shape index (κ2) is 5.80. The summed E-state index contributed by atoms with van der Waals surface area (Å²) in [6, 6.07) is 4.82. The average Bonchev–Trinajstić information content (AvgIpc) is 2.41. The number of nitrogens with zero attached hydrogens (tertiary/aromatic N) is 1. The number of carbonyl (C=O) groups excluding carboxylic acids is 1. The van der Waals surface area contributed by atoms with Gasteiger partial charge in [0.25, 0.3) is 5.91 Å². The third-order valence-corrected chi connectivity index (χ3v) is 3.12. The van der Waals surface area contributed by atoms with Gasteiger partial charge in [0.15, 0.2) is 0 Å². The van der Waals surface area contributed by atoms with Gasteiger partial charge in [0.05, 0.1) is 16.2 Å². The summed E-state index contributed by atoms with van der Waals surface area (Å²) in [5.41, 5.74) is -0.818. The zero-order valence-electron chi connectivity index (χ0n) is 10.2. The van der Waals surface area contributed by atoms with E-state index in [-0.39, 0.29) is 15.9 Å². The number of halogens is 5. The van der Waals surface area contributed by atoms with E-state index < -0.39 is 23.5 Å². The summed E-state index contributed by atoms with van der Waals surface area (Å²) >= 11 is 3.02. The van der Waals surface area contributed by atoms with Crippen LogP contribution in [0.15, 0.2) is 41.0 Å². The van der Waals surface area contributed by atoms with Gasteiger partial charge in [-0.05, 0) is 46.3 Å². The van der Waals surface area contributed by atoms with Crippen LogP contribution in [0.4, 0.5) is 23.4 Å². The number of hydrogen-bond acceptors (Lipinski definition) is 2. The van der Waals surface area contributed by atoms with E-state index >= 15 is 0 Å². The first-order valence-electron chi connectivity index (χ1n) is 5.57. The van der Waals surface area contributed by atoms with Crippen LogP contribution >= 0.6 is 15.9 Å². The molecule has 1 aromatic heterocycles. The molecule has 0 unspecified atom stereocenters. The molecule has 1 aromatic carbocycles. The molecular weight excluding hydrogens is 356 g/mol. The number of carbonyl (C=O) groups is 1. The maximum Gasteiger partial charge on any atom is 0.416 e. The lowest BCUT2D eigenvalue weighted by Crippen LogP contribution is -2.14. The van der Waals surface area contributed by atoms with Gasteiger partial charge in [-0.1, -0.05) is 0 Å². The van der Waals surface area contributed by atoms with Crippen LogP contribution in [0.25, 0.3) is 0 Å². The van der Waals surface area contributed by atoms with Gasteiger partial charge in [-0.2, -0.15) is 13.2 Å². The van der Waals surface area contributed by atoms with Gasteiger partial charge in [-0.15, -0.1) is 0 Å². The van der Waals surface area contributed by atoms with Gasteiger partial charge in [0, 0.05) is 5.56 Å². The van der Waals surface area contributed by atoms with E-state index in [2.05, 4.69) is 26.2 Å². The minimum atomic E-state index is -4.46. The first-order valence-corrected chi connectivity index (χ1v) is 6.36. The normalized spacial score (nSPS) is 11.3. The van der Waals surface area contributed by atoms with Crippen molar-refractivity contribution in [2.45, 2.75) is 6.18 Å². The van der Waals surface area contributed by atoms with Crippen molar-refractivity contribution in [3.05, 3.63) is 57.9 Å². The lowest BCUT2D eigenvalue weighted by Gasteiger charge is -2.08. The van der Waals surface area contributed by atoms with Gasteiger partial charge in [-0.3, -0.25) is 4.79 Å². The zero-order chi connectivity index (χ0) is 15.6. The molecule has 0 saturated carbocycles. The molecule has 0 radical (unpaired) electrons. The third kappa shape index (κ3) is 3.78. The predicted molar refractivity (Wildman–Crippen MR) is 71.3 cm³/mol. The molecule has 8 heteroatoms. The Bertz CT molecular complexity index is 671. The Balaban J connectivity index is 2.17. The van der Waals surface area contributed by atoms with Gasteiger partial charge < -0.3 is 5.32 Å². The molecule has 0 aliphatic carbocycles. The second-order valence-corrected chi connectivity index (χ2v) is 4.87. The minimum Gasteiger partial charge on any atom is -0.306 e. The van der Waals surface area contributed by atoms with Crippen LogP contribution in [0.3, 0.4) is 0 Å². The molecule has 3 nitrogen and oxygen atoms in total. The number of aromatic nitrogens is 1. The predicted octanol–water partition coefficient (Wildman–Crippen LogP) is 4.25. The summed E-state index contributed by atoms with van der Waals surface area (Å²) in [6.45, 7) is 0. The van der Waals surface area contributed by atoms with Crippen molar-refractivity contribution in [1.29, 1.82) is 0 Å². The van der Waals surface area contributed by atoms with Gasteiger partial charge >= 0.3 is 6.18 Å². The van der Waals surface area contributed by atoms with E-state index in [1.807, 2.05) is 0 Å². The van der Waals surface area contributed by atoms with E-state index in [1.54, 1.807) is 0 Å². The summed E-state index contributed by atoms with van der Waals surface area (Å²) in [4.78, 5) is 15.5. The Morgan fingerprint density at radius 2 is 1.81 bits per heavy atom. The summed E-state index contributed by atoms with van der Waals surface area (Å²) < 4.78 is 50.3. The van der Waals surface area contributed by atoms with Crippen LogP contribution in [0.5, 0.6) is 0 Å². The molecule has 0 aliphatic rings. The highest BCUT2D eigenvalue weighted by Gasteiger charge is 2.30. The van der Waals surface area contributed by atoms with Crippen LogP contribution in [-0.4, -0.2) is 10.9 Å². The summed E-state index contributed by atoms with van der Waals surface area (Å²) in [5, 5.41) is 2.37. The van der Waals surface area contributed by atoms with Crippen molar-refractivity contribution in [2.24, 2.45) is 0 Å². The number of hydrogen-bond donors (Lipinski definition) is 1. The number of amides is 1. The SMILES string of the molecule is O=C(Nc1ncc(F)cc1Br)c1ccc(C(F)(F)F)cc1. The van der Waals surface area contributed by atoms with Crippen LogP contribution in [0.2, 0.25) is 0 Å². The average molecular weight is 363 g/mol. The molecular formula is C13H7BrF4N2O. The Morgan fingerprint density at radius 3 is 2.33 bits per heavy atom. The Kier molecular flexibility index (Phi) is 4.26.